The fourth-order valence-electron chi connectivity index (χ4n) is 3.62. The molecule has 0 radical (unpaired) electrons. The van der Waals surface area contributed by atoms with Gasteiger partial charge in [-0.2, -0.15) is 5.26 Å². The first-order valence-corrected chi connectivity index (χ1v) is 9.77. The van der Waals surface area contributed by atoms with E-state index in [1.54, 1.807) is 19.2 Å². The molecule has 1 unspecified atom stereocenters. The van der Waals surface area contributed by atoms with Crippen LogP contribution in [0.15, 0.2) is 72.1 Å². The third kappa shape index (κ3) is 3.99. The van der Waals surface area contributed by atoms with Gasteiger partial charge < -0.3 is 25.1 Å². The van der Waals surface area contributed by atoms with Gasteiger partial charge in [0, 0.05) is 11.6 Å². The number of ether oxygens (including phenoxy) is 3. The van der Waals surface area contributed by atoms with E-state index >= 15 is 0 Å². The highest BCUT2D eigenvalue weighted by atomic mass is 16.5. The number of benzene rings is 3. The van der Waals surface area contributed by atoms with Crippen molar-refractivity contribution in [1.29, 1.82) is 5.26 Å². The lowest BCUT2D eigenvalue weighted by Gasteiger charge is -2.27. The molecule has 0 amide bonds. The highest BCUT2D eigenvalue weighted by Gasteiger charge is 2.31. The minimum absolute atomic E-state index is 0.0178. The first-order valence-electron chi connectivity index (χ1n) is 9.77. The molecule has 3 aromatic rings. The number of aromatic hydroxyl groups is 1. The highest BCUT2D eigenvalue weighted by Crippen LogP contribution is 2.45. The Balaban J connectivity index is 1.68. The molecule has 6 heteroatoms. The Morgan fingerprint density at radius 1 is 1.06 bits per heavy atom. The van der Waals surface area contributed by atoms with E-state index in [1.807, 2.05) is 49.4 Å². The van der Waals surface area contributed by atoms with Gasteiger partial charge in [0.25, 0.3) is 0 Å². The topological polar surface area (TPSA) is 97.7 Å². The molecule has 0 saturated carbocycles. The fourth-order valence-corrected chi connectivity index (χ4v) is 3.62. The van der Waals surface area contributed by atoms with Crippen LogP contribution in [0.1, 0.15) is 28.2 Å². The molecule has 1 aliphatic heterocycles. The normalized spacial score (nSPS) is 14.9. The first kappa shape index (κ1) is 20.2. The van der Waals surface area contributed by atoms with Gasteiger partial charge >= 0.3 is 0 Å². The molecule has 156 valence electrons. The molecule has 3 N–H and O–H groups in total. The van der Waals surface area contributed by atoms with E-state index < -0.39 is 5.92 Å². The summed E-state index contributed by atoms with van der Waals surface area (Å²) in [5, 5.41) is 19.5. The van der Waals surface area contributed by atoms with E-state index in [4.69, 9.17) is 19.9 Å². The Morgan fingerprint density at radius 2 is 1.84 bits per heavy atom. The van der Waals surface area contributed by atoms with Gasteiger partial charge in [0.2, 0.25) is 5.88 Å². The molecule has 1 heterocycles. The number of rotatable bonds is 5. The van der Waals surface area contributed by atoms with Crippen molar-refractivity contribution in [3.8, 4) is 29.1 Å². The van der Waals surface area contributed by atoms with E-state index in [2.05, 4.69) is 6.07 Å². The molecular weight excluding hydrogens is 392 g/mol. The monoisotopic (exact) mass is 414 g/mol. The SMILES string of the molecule is COc1cc(C2C(C#N)=C(N)Oc3cc(O)ccc32)ccc1OCc1ccc(C)cc1. The Labute approximate surface area is 180 Å². The zero-order valence-electron chi connectivity index (χ0n) is 17.3. The van der Waals surface area contributed by atoms with Crippen molar-refractivity contribution in [2.75, 3.05) is 7.11 Å². The molecule has 4 rings (SSSR count). The molecule has 0 spiro atoms. The van der Waals surface area contributed by atoms with Gasteiger partial charge in [-0.15, -0.1) is 0 Å². The maximum absolute atomic E-state index is 9.80. The zero-order valence-corrected chi connectivity index (χ0v) is 17.3. The van der Waals surface area contributed by atoms with Crippen LogP contribution in [0.25, 0.3) is 0 Å². The minimum Gasteiger partial charge on any atom is -0.508 e. The van der Waals surface area contributed by atoms with Gasteiger partial charge in [0.15, 0.2) is 11.5 Å². The van der Waals surface area contributed by atoms with Gasteiger partial charge in [-0.1, -0.05) is 42.0 Å². The molecule has 0 aromatic heterocycles. The van der Waals surface area contributed by atoms with Crippen LogP contribution in [0, 0.1) is 18.3 Å². The van der Waals surface area contributed by atoms with Crippen LogP contribution >= 0.6 is 0 Å². The number of hydrogen-bond donors (Lipinski definition) is 2. The lowest BCUT2D eigenvalue weighted by Crippen LogP contribution is -2.21. The zero-order chi connectivity index (χ0) is 22.0. The van der Waals surface area contributed by atoms with Gasteiger partial charge in [-0.3, -0.25) is 0 Å². The largest absolute Gasteiger partial charge is 0.508 e. The molecule has 6 nitrogen and oxygen atoms in total. The molecule has 1 atom stereocenters. The van der Waals surface area contributed by atoms with Crippen molar-refractivity contribution in [3.63, 3.8) is 0 Å². The highest BCUT2D eigenvalue weighted by molar-refractivity contribution is 5.58. The maximum Gasteiger partial charge on any atom is 0.205 e. The standard InChI is InChI=1S/C25H22N2O4/c1-15-3-5-16(6-4-15)14-30-21-10-7-17(11-23(21)29-2)24-19-9-8-18(28)12-22(19)31-25(27)20(24)13-26/h3-12,24,28H,14,27H2,1-2H3. The second-order valence-corrected chi connectivity index (χ2v) is 7.33. The molecule has 31 heavy (non-hydrogen) atoms. The predicted octanol–water partition coefficient (Wildman–Crippen LogP) is 4.51. The molecule has 3 aromatic carbocycles. The smallest absolute Gasteiger partial charge is 0.205 e. The molecule has 1 aliphatic rings. The Kier molecular flexibility index (Phi) is 5.42. The Morgan fingerprint density at radius 3 is 2.55 bits per heavy atom. The van der Waals surface area contributed by atoms with Crippen LogP contribution in [0.3, 0.4) is 0 Å². The van der Waals surface area contributed by atoms with E-state index in [1.165, 1.54) is 11.6 Å². The summed E-state index contributed by atoms with van der Waals surface area (Å²) in [6.07, 6.45) is 0. The van der Waals surface area contributed by atoms with Crippen LogP contribution in [0.2, 0.25) is 0 Å². The number of nitriles is 1. The van der Waals surface area contributed by atoms with Gasteiger partial charge in [-0.25, -0.2) is 0 Å². The number of hydrogen-bond acceptors (Lipinski definition) is 6. The third-order valence-electron chi connectivity index (χ3n) is 5.24. The van der Waals surface area contributed by atoms with Crippen LogP contribution in [0.4, 0.5) is 0 Å². The number of phenolic OH excluding ortho intramolecular Hbond substituents is 1. The lowest BCUT2D eigenvalue weighted by atomic mass is 9.83. The predicted molar refractivity (Wildman–Crippen MR) is 116 cm³/mol. The van der Waals surface area contributed by atoms with Crippen LogP contribution < -0.4 is 19.9 Å². The van der Waals surface area contributed by atoms with Crippen LogP contribution in [-0.2, 0) is 6.61 Å². The minimum atomic E-state index is -0.450. The number of aryl methyl sites for hydroxylation is 1. The van der Waals surface area contributed by atoms with Gasteiger partial charge in [0.1, 0.15) is 29.7 Å². The summed E-state index contributed by atoms with van der Waals surface area (Å²) in [5.41, 5.74) is 10.1. The Hall–Kier alpha value is -4.11. The summed E-state index contributed by atoms with van der Waals surface area (Å²) < 4.78 is 17.1. The third-order valence-corrected chi connectivity index (χ3v) is 5.24. The van der Waals surface area contributed by atoms with E-state index in [-0.39, 0.29) is 11.6 Å². The fraction of sp³-hybridized carbons (Fsp3) is 0.160. The summed E-state index contributed by atoms with van der Waals surface area (Å²) in [5.74, 6) is 1.19. The average Bonchev–Trinajstić information content (AvgIpc) is 2.77. The number of nitrogens with zero attached hydrogens (tertiary/aromatic N) is 1. The first-order chi connectivity index (χ1) is 15.0. The van der Waals surface area contributed by atoms with Crippen molar-refractivity contribution in [2.45, 2.75) is 19.4 Å². The van der Waals surface area contributed by atoms with Crippen molar-refractivity contribution < 1.29 is 19.3 Å². The molecule has 0 bridgehead atoms. The number of phenols is 1. The van der Waals surface area contributed by atoms with Gasteiger partial charge in [-0.05, 0) is 36.2 Å². The number of fused-ring (bicyclic) bond motifs is 1. The van der Waals surface area contributed by atoms with Crippen LogP contribution in [-0.4, -0.2) is 12.2 Å². The van der Waals surface area contributed by atoms with Crippen molar-refractivity contribution in [1.82, 2.24) is 0 Å². The Bertz CT molecular complexity index is 1190. The van der Waals surface area contributed by atoms with Crippen LogP contribution in [0.5, 0.6) is 23.0 Å². The quantitative estimate of drug-likeness (QED) is 0.638. The molecular formula is C25H22N2O4. The second-order valence-electron chi connectivity index (χ2n) is 7.33. The number of allylic oxidation sites excluding steroid dienone is 1. The summed E-state index contributed by atoms with van der Waals surface area (Å²) in [4.78, 5) is 0. The number of nitrogens with two attached hydrogens (primary N) is 1. The number of methoxy groups -OCH3 is 1. The lowest BCUT2D eigenvalue weighted by molar-refractivity contribution is 0.284. The summed E-state index contributed by atoms with van der Waals surface area (Å²) in [6.45, 7) is 2.45. The van der Waals surface area contributed by atoms with E-state index in [0.717, 1.165) is 16.7 Å². The second kappa shape index (κ2) is 8.33. The van der Waals surface area contributed by atoms with Crippen molar-refractivity contribution >= 4 is 0 Å². The molecule has 0 fully saturated rings. The molecule has 0 saturated heterocycles. The average molecular weight is 414 g/mol. The van der Waals surface area contributed by atoms with Gasteiger partial charge in [0.05, 0.1) is 13.0 Å². The maximum atomic E-state index is 9.80. The van der Waals surface area contributed by atoms with E-state index in [9.17, 15) is 10.4 Å². The van der Waals surface area contributed by atoms with E-state index in [0.29, 0.717) is 29.4 Å². The summed E-state index contributed by atoms with van der Waals surface area (Å²) in [6, 6.07) is 20.6. The van der Waals surface area contributed by atoms with Crippen molar-refractivity contribution in [2.24, 2.45) is 5.73 Å². The summed E-state index contributed by atoms with van der Waals surface area (Å²) in [7, 11) is 1.57. The van der Waals surface area contributed by atoms with Crippen molar-refractivity contribution in [3.05, 3.63) is 94.4 Å². The summed E-state index contributed by atoms with van der Waals surface area (Å²) >= 11 is 0. The molecule has 0 aliphatic carbocycles.